The molecule has 0 atom stereocenters. The summed E-state index contributed by atoms with van der Waals surface area (Å²) in [6.07, 6.45) is 6.42. The number of aromatic nitrogens is 1. The molecule has 2 N–H and O–H groups in total. The molecule has 1 fully saturated rings. The van der Waals surface area contributed by atoms with Gasteiger partial charge in [0, 0.05) is 18.3 Å². The summed E-state index contributed by atoms with van der Waals surface area (Å²) in [5, 5.41) is 2.67. The monoisotopic (exact) mass is 357 g/mol. The van der Waals surface area contributed by atoms with Crippen LogP contribution in [0.4, 0.5) is 5.82 Å². The summed E-state index contributed by atoms with van der Waals surface area (Å²) in [5.74, 6) is 0.187. The number of nitrogens with one attached hydrogen (secondary N) is 2. The molecule has 1 amide bonds. The first kappa shape index (κ1) is 17.3. The minimum absolute atomic E-state index is 0.0727. The Bertz CT molecular complexity index is 901. The van der Waals surface area contributed by atoms with Crippen LogP contribution < -0.4 is 10.0 Å². The van der Waals surface area contributed by atoms with Crippen molar-refractivity contribution in [2.45, 2.75) is 30.7 Å². The first-order chi connectivity index (χ1) is 11.9. The Labute approximate surface area is 147 Å². The molecule has 0 bridgehead atoms. The molecule has 0 unspecified atom stereocenters. The van der Waals surface area contributed by atoms with E-state index in [0.717, 1.165) is 24.0 Å². The zero-order valence-electron chi connectivity index (χ0n) is 13.8. The third kappa shape index (κ3) is 4.98. The molecule has 6 nitrogen and oxygen atoms in total. The number of hydrogen-bond donors (Lipinski definition) is 2. The summed E-state index contributed by atoms with van der Waals surface area (Å²) in [6.45, 7) is 1.92. The van der Waals surface area contributed by atoms with E-state index in [-0.39, 0.29) is 16.8 Å². The van der Waals surface area contributed by atoms with Gasteiger partial charge in [0.2, 0.25) is 15.9 Å². The van der Waals surface area contributed by atoms with Gasteiger partial charge in [-0.1, -0.05) is 12.1 Å². The SMILES string of the molecule is Cc1ccnc(NC(=O)/C=C\c2ccc(S(=O)(=O)NC3CC3)cc2)c1. The smallest absolute Gasteiger partial charge is 0.249 e. The fourth-order valence-electron chi connectivity index (χ4n) is 2.19. The molecule has 2 aromatic rings. The Morgan fingerprint density at radius 2 is 1.92 bits per heavy atom. The Morgan fingerprint density at radius 3 is 2.56 bits per heavy atom. The largest absolute Gasteiger partial charge is 0.307 e. The Morgan fingerprint density at radius 1 is 1.20 bits per heavy atom. The molecule has 1 aromatic heterocycles. The number of amides is 1. The zero-order valence-corrected chi connectivity index (χ0v) is 14.6. The van der Waals surface area contributed by atoms with Crippen LogP contribution in [0.5, 0.6) is 0 Å². The lowest BCUT2D eigenvalue weighted by atomic mass is 10.2. The van der Waals surface area contributed by atoms with Crippen LogP contribution >= 0.6 is 0 Å². The molecule has 0 spiro atoms. The van der Waals surface area contributed by atoms with Crippen LogP contribution in [0.3, 0.4) is 0 Å². The van der Waals surface area contributed by atoms with Crippen molar-refractivity contribution in [2.75, 3.05) is 5.32 Å². The fraction of sp³-hybridized carbons (Fsp3) is 0.222. The highest BCUT2D eigenvalue weighted by Crippen LogP contribution is 2.22. The van der Waals surface area contributed by atoms with E-state index >= 15 is 0 Å². The number of rotatable bonds is 6. The van der Waals surface area contributed by atoms with E-state index in [0.29, 0.717) is 5.82 Å². The average Bonchev–Trinajstić information content (AvgIpc) is 3.37. The number of hydrogen-bond acceptors (Lipinski definition) is 4. The second-order valence-corrected chi connectivity index (χ2v) is 7.72. The van der Waals surface area contributed by atoms with Gasteiger partial charge in [-0.2, -0.15) is 0 Å². The molecular formula is C18H19N3O3S. The summed E-state index contributed by atoms with van der Waals surface area (Å²) in [7, 11) is -3.45. The van der Waals surface area contributed by atoms with Crippen LogP contribution in [-0.2, 0) is 14.8 Å². The molecule has 1 aliphatic carbocycles. The fourth-order valence-corrected chi connectivity index (χ4v) is 3.50. The molecule has 3 rings (SSSR count). The summed E-state index contributed by atoms with van der Waals surface area (Å²) in [5.41, 5.74) is 1.74. The van der Waals surface area contributed by atoms with Crippen molar-refractivity contribution in [1.82, 2.24) is 9.71 Å². The number of aryl methyl sites for hydroxylation is 1. The van der Waals surface area contributed by atoms with Gasteiger partial charge in [-0.05, 0) is 61.2 Å². The van der Waals surface area contributed by atoms with Crippen molar-refractivity contribution in [3.63, 3.8) is 0 Å². The number of anilines is 1. The maximum absolute atomic E-state index is 12.1. The van der Waals surface area contributed by atoms with Gasteiger partial charge < -0.3 is 5.32 Å². The molecular weight excluding hydrogens is 338 g/mol. The van der Waals surface area contributed by atoms with Crippen molar-refractivity contribution >= 4 is 27.8 Å². The molecule has 0 saturated heterocycles. The van der Waals surface area contributed by atoms with Crippen LogP contribution in [0, 0.1) is 6.92 Å². The highest BCUT2D eigenvalue weighted by atomic mass is 32.2. The van der Waals surface area contributed by atoms with Gasteiger partial charge in [-0.25, -0.2) is 18.1 Å². The predicted molar refractivity (Wildman–Crippen MR) is 96.4 cm³/mol. The summed E-state index contributed by atoms with van der Waals surface area (Å²) in [4.78, 5) is 16.2. The normalized spacial score (nSPS) is 14.6. The first-order valence-electron chi connectivity index (χ1n) is 7.96. The van der Waals surface area contributed by atoms with Crippen LogP contribution in [0.25, 0.3) is 6.08 Å². The van der Waals surface area contributed by atoms with Gasteiger partial charge in [0.05, 0.1) is 4.90 Å². The predicted octanol–water partition coefficient (Wildman–Crippen LogP) is 2.48. The molecule has 130 valence electrons. The number of nitrogens with zero attached hydrogens (tertiary/aromatic N) is 1. The van der Waals surface area contributed by atoms with Gasteiger partial charge in [-0.3, -0.25) is 4.79 Å². The summed E-state index contributed by atoms with van der Waals surface area (Å²) in [6, 6.07) is 10.1. The lowest BCUT2D eigenvalue weighted by Gasteiger charge is -2.05. The minimum atomic E-state index is -3.45. The third-order valence-electron chi connectivity index (χ3n) is 3.68. The second-order valence-electron chi connectivity index (χ2n) is 6.01. The second kappa shape index (κ2) is 7.16. The third-order valence-corrected chi connectivity index (χ3v) is 5.22. The van der Waals surface area contributed by atoms with Crippen molar-refractivity contribution in [3.8, 4) is 0 Å². The van der Waals surface area contributed by atoms with Gasteiger partial charge in [-0.15, -0.1) is 0 Å². The average molecular weight is 357 g/mol. The van der Waals surface area contributed by atoms with E-state index in [1.54, 1.807) is 30.5 Å². The van der Waals surface area contributed by atoms with E-state index in [1.165, 1.54) is 18.2 Å². The molecule has 1 aliphatic rings. The molecule has 1 aromatic carbocycles. The molecule has 1 saturated carbocycles. The lowest BCUT2D eigenvalue weighted by molar-refractivity contribution is -0.111. The zero-order chi connectivity index (χ0) is 17.9. The number of carbonyl (C=O) groups excluding carboxylic acids is 1. The van der Waals surface area contributed by atoms with E-state index in [1.807, 2.05) is 13.0 Å². The molecule has 0 radical (unpaired) electrons. The Kier molecular flexibility index (Phi) is 4.96. The Hall–Kier alpha value is -2.51. The van der Waals surface area contributed by atoms with Gasteiger partial charge in [0.15, 0.2) is 0 Å². The van der Waals surface area contributed by atoms with Gasteiger partial charge in [0.25, 0.3) is 0 Å². The maximum atomic E-state index is 12.1. The molecule has 25 heavy (non-hydrogen) atoms. The van der Waals surface area contributed by atoms with Crippen LogP contribution in [0.1, 0.15) is 24.0 Å². The van der Waals surface area contributed by atoms with Crippen LogP contribution in [-0.4, -0.2) is 25.4 Å². The maximum Gasteiger partial charge on any atom is 0.249 e. The van der Waals surface area contributed by atoms with E-state index in [2.05, 4.69) is 15.0 Å². The van der Waals surface area contributed by atoms with Crippen molar-refractivity contribution in [3.05, 3.63) is 59.8 Å². The van der Waals surface area contributed by atoms with Crippen LogP contribution in [0.15, 0.2) is 53.6 Å². The standard InChI is InChI=1S/C18H19N3O3S/c1-13-10-11-19-17(12-13)20-18(22)9-4-14-2-7-16(8-3-14)25(23,24)21-15-5-6-15/h2-4,7-12,15,21H,5-6H2,1H3,(H,19,20,22)/b9-4-. The number of benzene rings is 1. The first-order valence-corrected chi connectivity index (χ1v) is 9.45. The van der Waals surface area contributed by atoms with Gasteiger partial charge >= 0.3 is 0 Å². The van der Waals surface area contributed by atoms with E-state index < -0.39 is 10.0 Å². The van der Waals surface area contributed by atoms with Crippen molar-refractivity contribution in [1.29, 1.82) is 0 Å². The van der Waals surface area contributed by atoms with Gasteiger partial charge in [0.1, 0.15) is 5.82 Å². The van der Waals surface area contributed by atoms with E-state index in [4.69, 9.17) is 0 Å². The van der Waals surface area contributed by atoms with E-state index in [9.17, 15) is 13.2 Å². The summed E-state index contributed by atoms with van der Waals surface area (Å²) >= 11 is 0. The molecule has 7 heteroatoms. The quantitative estimate of drug-likeness (QED) is 0.778. The molecule has 1 heterocycles. The number of pyridine rings is 1. The molecule has 0 aliphatic heterocycles. The van der Waals surface area contributed by atoms with Crippen LogP contribution in [0.2, 0.25) is 0 Å². The highest BCUT2D eigenvalue weighted by Gasteiger charge is 2.27. The highest BCUT2D eigenvalue weighted by molar-refractivity contribution is 7.89. The minimum Gasteiger partial charge on any atom is -0.307 e. The van der Waals surface area contributed by atoms with Crippen molar-refractivity contribution in [2.24, 2.45) is 0 Å². The topological polar surface area (TPSA) is 88.2 Å². The lowest BCUT2D eigenvalue weighted by Crippen LogP contribution is -2.25. The Balaban J connectivity index is 1.62. The number of carbonyl (C=O) groups is 1. The summed E-state index contributed by atoms with van der Waals surface area (Å²) < 4.78 is 26.8. The van der Waals surface area contributed by atoms with Crippen molar-refractivity contribution < 1.29 is 13.2 Å². The number of sulfonamides is 1.